The fraction of sp³-hybridized carbons (Fsp3) is 0.458. The molecule has 9 heteroatoms. The van der Waals surface area contributed by atoms with Gasteiger partial charge in [0.05, 0.1) is 18.6 Å². The highest BCUT2D eigenvalue weighted by Crippen LogP contribution is 2.29. The van der Waals surface area contributed by atoms with Crippen molar-refractivity contribution >= 4 is 37.5 Å². The first-order chi connectivity index (χ1) is 15.9. The number of piperazine rings is 1. The number of hydrogen-bond acceptors (Lipinski definition) is 5. The molecule has 2 aliphatic heterocycles. The molecular formula is C24H30BrN3O4S. The van der Waals surface area contributed by atoms with Crippen molar-refractivity contribution in [2.45, 2.75) is 18.6 Å². The molecule has 0 N–H and O–H groups in total. The summed E-state index contributed by atoms with van der Waals surface area (Å²) in [7, 11) is -1.72. The summed E-state index contributed by atoms with van der Waals surface area (Å²) < 4.78 is 33.6. The van der Waals surface area contributed by atoms with Crippen molar-refractivity contribution in [3.63, 3.8) is 0 Å². The molecule has 4 rings (SSSR count). The van der Waals surface area contributed by atoms with Crippen molar-refractivity contribution in [2.24, 2.45) is 5.92 Å². The summed E-state index contributed by atoms with van der Waals surface area (Å²) in [4.78, 5) is 17.3. The first-order valence-corrected chi connectivity index (χ1v) is 13.7. The number of amides is 1. The zero-order valence-corrected chi connectivity index (χ0v) is 21.2. The van der Waals surface area contributed by atoms with Gasteiger partial charge < -0.3 is 14.5 Å². The average Bonchev–Trinajstić information content (AvgIpc) is 2.85. The van der Waals surface area contributed by atoms with Crippen molar-refractivity contribution in [3.05, 3.63) is 58.6 Å². The number of para-hydroxylation sites is 2. The normalized spacial score (nSPS) is 18.4. The van der Waals surface area contributed by atoms with Crippen molar-refractivity contribution in [3.8, 4) is 5.75 Å². The molecule has 1 amide bonds. The third-order valence-electron chi connectivity index (χ3n) is 6.48. The van der Waals surface area contributed by atoms with Crippen LogP contribution in [0.3, 0.4) is 0 Å². The lowest BCUT2D eigenvalue weighted by Gasteiger charge is -2.39. The number of hydrogen-bond donors (Lipinski definition) is 0. The SMILES string of the molecule is COc1ccccc1N1CCN(C(=O)C2CCN(S(=O)(=O)Cc3ccc(Br)cc3)CC2)CC1. The van der Waals surface area contributed by atoms with Crippen LogP contribution in [0.1, 0.15) is 18.4 Å². The van der Waals surface area contributed by atoms with E-state index in [0.717, 1.165) is 34.6 Å². The maximum absolute atomic E-state index is 13.1. The second kappa shape index (κ2) is 10.4. The maximum Gasteiger partial charge on any atom is 0.225 e. The Balaban J connectivity index is 1.28. The van der Waals surface area contributed by atoms with Gasteiger partial charge in [-0.1, -0.05) is 40.2 Å². The number of sulfonamides is 1. The number of nitrogens with zero attached hydrogens (tertiary/aromatic N) is 3. The van der Waals surface area contributed by atoms with E-state index < -0.39 is 10.0 Å². The van der Waals surface area contributed by atoms with Crippen LogP contribution in [0.4, 0.5) is 5.69 Å². The van der Waals surface area contributed by atoms with Crippen LogP contribution in [0.25, 0.3) is 0 Å². The Morgan fingerprint density at radius 1 is 0.970 bits per heavy atom. The average molecular weight is 536 g/mol. The van der Waals surface area contributed by atoms with Gasteiger partial charge in [0, 0.05) is 49.7 Å². The standard InChI is InChI=1S/C24H30BrN3O4S/c1-32-23-5-3-2-4-22(23)26-14-16-27(17-15-26)24(29)20-10-12-28(13-11-20)33(30,31)18-19-6-8-21(25)9-7-19/h2-9,20H,10-18H2,1H3. The van der Waals surface area contributed by atoms with Gasteiger partial charge in [0.2, 0.25) is 15.9 Å². The maximum atomic E-state index is 13.1. The van der Waals surface area contributed by atoms with Gasteiger partial charge in [0.25, 0.3) is 0 Å². The first kappa shape index (κ1) is 24.0. The van der Waals surface area contributed by atoms with Gasteiger partial charge in [0.15, 0.2) is 0 Å². The first-order valence-electron chi connectivity index (χ1n) is 11.3. The molecule has 0 atom stereocenters. The van der Waals surface area contributed by atoms with E-state index in [1.807, 2.05) is 53.4 Å². The highest BCUT2D eigenvalue weighted by molar-refractivity contribution is 9.10. The van der Waals surface area contributed by atoms with Crippen LogP contribution in [-0.2, 0) is 20.6 Å². The fourth-order valence-corrected chi connectivity index (χ4v) is 6.41. The molecule has 33 heavy (non-hydrogen) atoms. The van der Waals surface area contributed by atoms with Crippen molar-refractivity contribution in [1.29, 1.82) is 0 Å². The zero-order chi connectivity index (χ0) is 23.4. The largest absolute Gasteiger partial charge is 0.495 e. The summed E-state index contributed by atoms with van der Waals surface area (Å²) in [6.07, 6.45) is 1.15. The van der Waals surface area contributed by atoms with Crippen LogP contribution in [0, 0.1) is 5.92 Å². The van der Waals surface area contributed by atoms with Crippen LogP contribution in [-0.4, -0.2) is 69.9 Å². The van der Waals surface area contributed by atoms with E-state index in [1.54, 1.807) is 11.4 Å². The zero-order valence-electron chi connectivity index (χ0n) is 18.8. The molecule has 7 nitrogen and oxygen atoms in total. The molecule has 2 aromatic carbocycles. The Labute approximate surface area is 204 Å². The molecule has 2 aliphatic rings. The number of anilines is 1. The van der Waals surface area contributed by atoms with Gasteiger partial charge in [-0.3, -0.25) is 4.79 Å². The molecule has 0 aromatic heterocycles. The lowest BCUT2D eigenvalue weighted by atomic mass is 9.96. The third kappa shape index (κ3) is 5.70. The second-order valence-corrected chi connectivity index (χ2v) is 11.4. The Kier molecular flexibility index (Phi) is 7.61. The van der Waals surface area contributed by atoms with E-state index >= 15 is 0 Å². The Morgan fingerprint density at radius 3 is 2.24 bits per heavy atom. The van der Waals surface area contributed by atoms with Gasteiger partial charge in [-0.05, 0) is 42.7 Å². The number of halogens is 1. The van der Waals surface area contributed by atoms with Gasteiger partial charge in [-0.25, -0.2) is 12.7 Å². The number of rotatable bonds is 6. The number of carbonyl (C=O) groups excluding carboxylic acids is 1. The lowest BCUT2D eigenvalue weighted by Crippen LogP contribution is -2.52. The van der Waals surface area contributed by atoms with E-state index in [1.165, 1.54) is 0 Å². The molecular weight excluding hydrogens is 506 g/mol. The second-order valence-electron chi connectivity index (χ2n) is 8.54. The van der Waals surface area contributed by atoms with Crippen LogP contribution < -0.4 is 9.64 Å². The topological polar surface area (TPSA) is 70.2 Å². The summed E-state index contributed by atoms with van der Waals surface area (Å²) in [6, 6.07) is 15.3. The molecule has 0 unspecified atom stereocenters. The molecule has 2 aromatic rings. The molecule has 2 saturated heterocycles. The van der Waals surface area contributed by atoms with Gasteiger partial charge >= 0.3 is 0 Å². The highest BCUT2D eigenvalue weighted by atomic mass is 79.9. The summed E-state index contributed by atoms with van der Waals surface area (Å²) in [5.41, 5.74) is 1.82. The Bertz CT molecular complexity index is 1060. The van der Waals surface area contributed by atoms with E-state index in [9.17, 15) is 13.2 Å². The number of methoxy groups -OCH3 is 1. The molecule has 0 radical (unpaired) electrons. The minimum absolute atomic E-state index is 0.0101. The number of ether oxygens (including phenoxy) is 1. The minimum atomic E-state index is -3.39. The third-order valence-corrected chi connectivity index (χ3v) is 8.85. The summed E-state index contributed by atoms with van der Waals surface area (Å²) in [5.74, 6) is 0.875. The summed E-state index contributed by atoms with van der Waals surface area (Å²) in [5, 5.41) is 0. The highest BCUT2D eigenvalue weighted by Gasteiger charge is 2.34. The van der Waals surface area contributed by atoms with Gasteiger partial charge in [-0.15, -0.1) is 0 Å². The minimum Gasteiger partial charge on any atom is -0.495 e. The van der Waals surface area contributed by atoms with E-state index in [-0.39, 0.29) is 17.6 Å². The molecule has 2 fully saturated rings. The molecule has 178 valence electrons. The van der Waals surface area contributed by atoms with Crippen LogP contribution in [0.15, 0.2) is 53.0 Å². The quantitative estimate of drug-likeness (QED) is 0.567. The predicted octanol–water partition coefficient (Wildman–Crippen LogP) is 3.35. The van der Waals surface area contributed by atoms with Crippen LogP contribution in [0.5, 0.6) is 5.75 Å². The van der Waals surface area contributed by atoms with E-state index in [4.69, 9.17) is 4.74 Å². The smallest absolute Gasteiger partial charge is 0.225 e. The number of carbonyl (C=O) groups is 1. The summed E-state index contributed by atoms with van der Waals surface area (Å²) in [6.45, 7) is 3.64. The van der Waals surface area contributed by atoms with Crippen LogP contribution in [0.2, 0.25) is 0 Å². The van der Waals surface area contributed by atoms with Gasteiger partial charge in [-0.2, -0.15) is 0 Å². The molecule has 0 bridgehead atoms. The molecule has 0 saturated carbocycles. The monoisotopic (exact) mass is 535 g/mol. The van der Waals surface area contributed by atoms with Crippen molar-refractivity contribution in [1.82, 2.24) is 9.21 Å². The van der Waals surface area contributed by atoms with Crippen molar-refractivity contribution < 1.29 is 17.9 Å². The van der Waals surface area contributed by atoms with E-state index in [2.05, 4.69) is 20.8 Å². The van der Waals surface area contributed by atoms with Crippen molar-refractivity contribution in [2.75, 3.05) is 51.3 Å². The molecule has 0 spiro atoms. The lowest BCUT2D eigenvalue weighted by molar-refractivity contribution is -0.137. The fourth-order valence-electron chi connectivity index (χ4n) is 4.58. The molecule has 0 aliphatic carbocycles. The number of benzene rings is 2. The number of piperidine rings is 1. The predicted molar refractivity (Wildman–Crippen MR) is 133 cm³/mol. The van der Waals surface area contributed by atoms with E-state index in [0.29, 0.717) is 39.0 Å². The van der Waals surface area contributed by atoms with Gasteiger partial charge in [0.1, 0.15) is 5.75 Å². The van der Waals surface area contributed by atoms with Crippen LogP contribution >= 0.6 is 15.9 Å². The summed E-state index contributed by atoms with van der Waals surface area (Å²) >= 11 is 3.37. The molecule has 2 heterocycles. The Hall–Kier alpha value is -2.10. The Morgan fingerprint density at radius 2 is 1.61 bits per heavy atom.